The Morgan fingerprint density at radius 1 is 1.26 bits per heavy atom. The average molecular weight is 385 g/mol. The zero-order chi connectivity index (χ0) is 19.4. The van der Waals surface area contributed by atoms with E-state index in [1.807, 2.05) is 6.07 Å². The molecule has 1 N–H and O–H groups in total. The highest BCUT2D eigenvalue weighted by Gasteiger charge is 2.16. The molecule has 1 aromatic heterocycles. The van der Waals surface area contributed by atoms with Gasteiger partial charge in [0.1, 0.15) is 24.1 Å². The van der Waals surface area contributed by atoms with Crippen LogP contribution in [0.2, 0.25) is 0 Å². The second-order valence-corrected chi connectivity index (χ2v) is 6.23. The van der Waals surface area contributed by atoms with Crippen molar-refractivity contribution in [2.75, 3.05) is 6.26 Å². The minimum atomic E-state index is -0.816. The number of halogens is 2. The number of ether oxygens (including phenoxy) is 1. The summed E-state index contributed by atoms with van der Waals surface area (Å²) in [5.74, 6) is -1.62. The lowest BCUT2D eigenvalue weighted by molar-refractivity contribution is 0.290. The predicted molar refractivity (Wildman–Crippen MR) is 97.5 cm³/mol. The Hall–Kier alpha value is -3.18. The Kier molecular flexibility index (Phi) is 5.52. The van der Waals surface area contributed by atoms with Crippen molar-refractivity contribution in [3.63, 3.8) is 0 Å². The second-order valence-electron chi connectivity index (χ2n) is 5.43. The molecule has 0 aliphatic heterocycles. The van der Waals surface area contributed by atoms with Crippen LogP contribution in [0.4, 0.5) is 8.78 Å². The van der Waals surface area contributed by atoms with Gasteiger partial charge in [-0.05, 0) is 24.0 Å². The first-order valence-electron chi connectivity index (χ1n) is 7.78. The maximum Gasteiger partial charge on any atom is 0.270 e. The fourth-order valence-electron chi connectivity index (χ4n) is 2.47. The van der Waals surface area contributed by atoms with Crippen LogP contribution in [0, 0.1) is 23.0 Å². The van der Waals surface area contributed by atoms with E-state index in [4.69, 9.17) is 4.74 Å². The van der Waals surface area contributed by atoms with Gasteiger partial charge in [-0.2, -0.15) is 5.26 Å². The number of H-pyrrole nitrogens is 1. The molecule has 0 saturated heterocycles. The Labute approximate surface area is 157 Å². The lowest BCUT2D eigenvalue weighted by Crippen LogP contribution is -2.15. The van der Waals surface area contributed by atoms with E-state index in [1.165, 1.54) is 17.8 Å². The van der Waals surface area contributed by atoms with E-state index in [0.29, 0.717) is 16.3 Å². The molecule has 0 atom stereocenters. The van der Waals surface area contributed by atoms with Gasteiger partial charge < -0.3 is 9.72 Å². The summed E-state index contributed by atoms with van der Waals surface area (Å²) in [5, 5.41) is 9.72. The molecule has 0 aliphatic carbocycles. The number of benzene rings is 2. The van der Waals surface area contributed by atoms with Crippen molar-refractivity contribution >= 4 is 11.8 Å². The molecule has 5 nitrogen and oxygen atoms in total. The molecule has 0 saturated carbocycles. The van der Waals surface area contributed by atoms with Gasteiger partial charge in [-0.3, -0.25) is 4.79 Å². The van der Waals surface area contributed by atoms with Crippen LogP contribution >= 0.6 is 11.8 Å². The fourth-order valence-corrected chi connectivity index (χ4v) is 2.85. The minimum absolute atomic E-state index is 0.0489. The highest BCUT2D eigenvalue weighted by Crippen LogP contribution is 2.27. The first-order valence-corrected chi connectivity index (χ1v) is 9.00. The molecule has 0 aliphatic rings. The topological polar surface area (TPSA) is 78.8 Å². The summed E-state index contributed by atoms with van der Waals surface area (Å²) in [4.78, 5) is 19.0. The molecular formula is C19H13F2N3O2S. The molecule has 27 heavy (non-hydrogen) atoms. The number of nitrogens with one attached hydrogen (secondary N) is 1. The predicted octanol–water partition coefficient (Wildman–Crippen LogP) is 3.89. The second kappa shape index (κ2) is 8.01. The van der Waals surface area contributed by atoms with Gasteiger partial charge in [-0.15, -0.1) is 0 Å². The number of hydrogen-bond acceptors (Lipinski definition) is 5. The van der Waals surface area contributed by atoms with E-state index in [0.717, 1.165) is 12.1 Å². The molecule has 0 amide bonds. The van der Waals surface area contributed by atoms with Crippen LogP contribution in [0.15, 0.2) is 52.4 Å². The SMILES string of the molecule is CSc1nc(-c2ccccc2COc2ccc(F)cc2F)c(C#N)c(=O)[nH]1. The smallest absolute Gasteiger partial charge is 0.270 e. The molecule has 1 heterocycles. The standard InChI is InChI=1S/C19H13F2N3O2S/c1-27-19-23-17(14(9-22)18(25)24-19)13-5-3-2-4-11(13)10-26-16-7-6-12(20)8-15(16)21/h2-8H,10H2,1H3,(H,23,24,25). The van der Waals surface area contributed by atoms with E-state index < -0.39 is 17.2 Å². The summed E-state index contributed by atoms with van der Waals surface area (Å²) in [7, 11) is 0. The Morgan fingerprint density at radius 2 is 2.04 bits per heavy atom. The maximum atomic E-state index is 13.8. The summed E-state index contributed by atoms with van der Waals surface area (Å²) in [6, 6.07) is 11.8. The first kappa shape index (κ1) is 18.6. The lowest BCUT2D eigenvalue weighted by atomic mass is 10.0. The molecule has 0 unspecified atom stereocenters. The summed E-state index contributed by atoms with van der Waals surface area (Å²) in [6.45, 7) is -0.0489. The van der Waals surface area contributed by atoms with Crippen LogP contribution in [-0.4, -0.2) is 16.2 Å². The zero-order valence-corrected chi connectivity index (χ0v) is 14.9. The summed E-state index contributed by atoms with van der Waals surface area (Å²) in [5.41, 5.74) is 0.700. The van der Waals surface area contributed by atoms with Crippen LogP contribution in [0.3, 0.4) is 0 Å². The van der Waals surface area contributed by atoms with Crippen molar-refractivity contribution in [3.8, 4) is 23.1 Å². The van der Waals surface area contributed by atoms with Crippen LogP contribution in [0.25, 0.3) is 11.3 Å². The van der Waals surface area contributed by atoms with Crippen molar-refractivity contribution in [2.24, 2.45) is 0 Å². The van der Waals surface area contributed by atoms with Gasteiger partial charge in [0.05, 0.1) is 5.69 Å². The van der Waals surface area contributed by atoms with Crippen LogP contribution in [0.5, 0.6) is 5.75 Å². The molecular weight excluding hydrogens is 372 g/mol. The number of nitrogens with zero attached hydrogens (tertiary/aromatic N) is 2. The molecule has 3 rings (SSSR count). The molecule has 0 radical (unpaired) electrons. The number of rotatable bonds is 5. The van der Waals surface area contributed by atoms with E-state index in [1.54, 1.807) is 30.5 Å². The normalized spacial score (nSPS) is 10.4. The largest absolute Gasteiger partial charge is 0.486 e. The van der Waals surface area contributed by atoms with Crippen molar-refractivity contribution in [2.45, 2.75) is 11.8 Å². The Balaban J connectivity index is 2.01. The maximum absolute atomic E-state index is 13.8. The fraction of sp³-hybridized carbons (Fsp3) is 0.105. The van der Waals surface area contributed by atoms with Gasteiger partial charge >= 0.3 is 0 Å². The van der Waals surface area contributed by atoms with Crippen molar-refractivity contribution in [1.29, 1.82) is 5.26 Å². The number of hydrogen-bond donors (Lipinski definition) is 1. The lowest BCUT2D eigenvalue weighted by Gasteiger charge is -2.12. The Morgan fingerprint density at radius 3 is 2.74 bits per heavy atom. The van der Waals surface area contributed by atoms with Gasteiger partial charge in [-0.1, -0.05) is 36.0 Å². The van der Waals surface area contributed by atoms with E-state index in [2.05, 4.69) is 9.97 Å². The van der Waals surface area contributed by atoms with Crippen molar-refractivity contribution in [1.82, 2.24) is 9.97 Å². The molecule has 0 spiro atoms. The number of aromatic amines is 1. The third-order valence-electron chi connectivity index (χ3n) is 3.75. The zero-order valence-electron chi connectivity index (χ0n) is 14.1. The summed E-state index contributed by atoms with van der Waals surface area (Å²) >= 11 is 1.24. The summed E-state index contributed by atoms with van der Waals surface area (Å²) < 4.78 is 32.3. The quantitative estimate of drug-likeness (QED) is 0.533. The van der Waals surface area contributed by atoms with E-state index in [9.17, 15) is 18.8 Å². The third-order valence-corrected chi connectivity index (χ3v) is 4.33. The monoisotopic (exact) mass is 385 g/mol. The highest BCUT2D eigenvalue weighted by molar-refractivity contribution is 7.98. The molecule has 136 valence electrons. The van der Waals surface area contributed by atoms with Gasteiger partial charge in [-0.25, -0.2) is 13.8 Å². The molecule has 2 aromatic carbocycles. The molecule has 3 aromatic rings. The van der Waals surface area contributed by atoms with Gasteiger partial charge in [0, 0.05) is 11.6 Å². The van der Waals surface area contributed by atoms with Crippen LogP contribution in [-0.2, 0) is 6.61 Å². The molecule has 0 fully saturated rings. The molecule has 0 bridgehead atoms. The first-order chi connectivity index (χ1) is 13.0. The Bertz CT molecular complexity index is 1090. The number of nitriles is 1. The minimum Gasteiger partial charge on any atom is -0.486 e. The van der Waals surface area contributed by atoms with E-state index >= 15 is 0 Å². The van der Waals surface area contributed by atoms with E-state index in [-0.39, 0.29) is 23.6 Å². The van der Waals surface area contributed by atoms with Crippen LogP contribution < -0.4 is 10.3 Å². The third kappa shape index (κ3) is 3.99. The van der Waals surface area contributed by atoms with Crippen LogP contribution in [0.1, 0.15) is 11.1 Å². The van der Waals surface area contributed by atoms with Gasteiger partial charge in [0.15, 0.2) is 16.7 Å². The van der Waals surface area contributed by atoms with Gasteiger partial charge in [0.25, 0.3) is 5.56 Å². The summed E-state index contributed by atoms with van der Waals surface area (Å²) in [6.07, 6.45) is 1.75. The molecule has 8 heteroatoms. The number of thioether (sulfide) groups is 1. The average Bonchev–Trinajstić information content (AvgIpc) is 2.67. The van der Waals surface area contributed by atoms with Gasteiger partial charge in [0.2, 0.25) is 0 Å². The number of aromatic nitrogens is 2. The van der Waals surface area contributed by atoms with Crippen molar-refractivity contribution in [3.05, 3.63) is 75.6 Å². The van der Waals surface area contributed by atoms with Crippen molar-refractivity contribution < 1.29 is 13.5 Å². The highest BCUT2D eigenvalue weighted by atomic mass is 32.2.